The quantitative estimate of drug-likeness (QED) is 0.350. The van der Waals surface area contributed by atoms with Gasteiger partial charge in [-0.15, -0.1) is 19.8 Å². The average molecular weight is 443 g/mol. The van der Waals surface area contributed by atoms with Crippen molar-refractivity contribution in [3.05, 3.63) is 42.5 Å². The normalized spacial score (nSPS) is 13.9. The Bertz CT molecular complexity index is 674. The highest BCUT2D eigenvalue weighted by molar-refractivity contribution is 5.76. The Balaban J connectivity index is 2.81. The minimum atomic E-state index is -4.69. The third kappa shape index (κ3) is 9.33. The van der Waals surface area contributed by atoms with Crippen molar-refractivity contribution in [3.8, 4) is 5.75 Å². The average Bonchev–Trinajstić information content (AvgIpc) is 2.69. The molecule has 7 heteroatoms. The lowest BCUT2D eigenvalue weighted by molar-refractivity contribution is -0.274. The lowest BCUT2D eigenvalue weighted by atomic mass is 9.97. The number of halogens is 3. The molecular formula is C24H37F3N2O2. The fourth-order valence-corrected chi connectivity index (χ4v) is 3.91. The van der Waals surface area contributed by atoms with Gasteiger partial charge in [-0.2, -0.15) is 0 Å². The monoisotopic (exact) mass is 442 g/mol. The summed E-state index contributed by atoms with van der Waals surface area (Å²) in [4.78, 5) is 16.9. The number of hydrogen-bond donors (Lipinski definition) is 0. The molecule has 4 nitrogen and oxygen atoms in total. The summed E-state index contributed by atoms with van der Waals surface area (Å²) >= 11 is 0. The Morgan fingerprint density at radius 1 is 1.16 bits per heavy atom. The van der Waals surface area contributed by atoms with Gasteiger partial charge in [0.25, 0.3) is 0 Å². The van der Waals surface area contributed by atoms with Gasteiger partial charge in [-0.3, -0.25) is 9.69 Å². The fraction of sp³-hybridized carbons (Fsp3) is 0.625. The van der Waals surface area contributed by atoms with Gasteiger partial charge in [0.05, 0.1) is 0 Å². The molecule has 0 unspecified atom stereocenters. The van der Waals surface area contributed by atoms with E-state index in [4.69, 9.17) is 0 Å². The van der Waals surface area contributed by atoms with E-state index in [1.165, 1.54) is 12.1 Å². The summed E-state index contributed by atoms with van der Waals surface area (Å²) in [6.07, 6.45) is -0.685. The van der Waals surface area contributed by atoms with Gasteiger partial charge in [0.1, 0.15) is 5.75 Å². The Morgan fingerprint density at radius 3 is 2.23 bits per heavy atom. The highest BCUT2D eigenvalue weighted by Crippen LogP contribution is 2.24. The fourth-order valence-electron chi connectivity index (χ4n) is 3.91. The van der Waals surface area contributed by atoms with E-state index in [2.05, 4.69) is 43.9 Å². The summed E-state index contributed by atoms with van der Waals surface area (Å²) < 4.78 is 40.9. The molecule has 2 atom stereocenters. The van der Waals surface area contributed by atoms with E-state index >= 15 is 0 Å². The Morgan fingerprint density at radius 2 is 1.77 bits per heavy atom. The maximum absolute atomic E-state index is 12.7. The maximum atomic E-state index is 12.7. The van der Waals surface area contributed by atoms with Crippen LogP contribution in [0.15, 0.2) is 36.9 Å². The van der Waals surface area contributed by atoms with Crippen molar-refractivity contribution in [2.45, 2.75) is 78.9 Å². The highest BCUT2D eigenvalue weighted by atomic mass is 19.4. The third-order valence-corrected chi connectivity index (χ3v) is 5.42. The van der Waals surface area contributed by atoms with E-state index in [0.717, 1.165) is 24.9 Å². The van der Waals surface area contributed by atoms with E-state index in [1.807, 2.05) is 17.9 Å². The minimum absolute atomic E-state index is 0.0923. The summed E-state index contributed by atoms with van der Waals surface area (Å²) in [7, 11) is 0. The molecule has 0 radical (unpaired) electrons. The van der Waals surface area contributed by atoms with Crippen LogP contribution < -0.4 is 4.74 Å². The van der Waals surface area contributed by atoms with Crippen LogP contribution in [0.1, 0.15) is 59.4 Å². The number of rotatable bonds is 13. The molecule has 0 N–H and O–H groups in total. The summed E-state index contributed by atoms with van der Waals surface area (Å²) in [5.41, 5.74) is 0.888. The molecule has 0 aliphatic heterocycles. The molecule has 0 bridgehead atoms. The van der Waals surface area contributed by atoms with Crippen LogP contribution in [0, 0.1) is 5.92 Å². The predicted molar refractivity (Wildman–Crippen MR) is 119 cm³/mol. The molecule has 0 aliphatic carbocycles. The van der Waals surface area contributed by atoms with E-state index in [9.17, 15) is 18.0 Å². The number of nitrogens with zero attached hydrogens (tertiary/aromatic N) is 2. The number of carbonyl (C=O) groups is 1. The van der Waals surface area contributed by atoms with Crippen LogP contribution in [0.25, 0.3) is 0 Å². The molecule has 0 aromatic heterocycles. The van der Waals surface area contributed by atoms with Crippen LogP contribution in [-0.2, 0) is 11.3 Å². The minimum Gasteiger partial charge on any atom is -0.406 e. The molecule has 1 rings (SSSR count). The second-order valence-corrected chi connectivity index (χ2v) is 8.23. The zero-order valence-corrected chi connectivity index (χ0v) is 19.4. The molecule has 1 amide bonds. The zero-order valence-electron chi connectivity index (χ0n) is 19.4. The molecule has 0 saturated carbocycles. The summed E-state index contributed by atoms with van der Waals surface area (Å²) in [5, 5.41) is 0. The first-order valence-corrected chi connectivity index (χ1v) is 11.0. The van der Waals surface area contributed by atoms with Crippen molar-refractivity contribution in [1.29, 1.82) is 0 Å². The summed E-state index contributed by atoms with van der Waals surface area (Å²) in [6.45, 7) is 16.2. The van der Waals surface area contributed by atoms with Gasteiger partial charge in [0, 0.05) is 38.1 Å². The molecule has 0 fully saturated rings. The molecule has 1 aromatic carbocycles. The van der Waals surface area contributed by atoms with Crippen LogP contribution in [0.3, 0.4) is 0 Å². The number of amides is 1. The van der Waals surface area contributed by atoms with E-state index in [0.29, 0.717) is 25.4 Å². The van der Waals surface area contributed by atoms with Crippen LogP contribution in [0.4, 0.5) is 13.2 Å². The second kappa shape index (κ2) is 12.7. The molecule has 176 valence electrons. The Hall–Kier alpha value is -2.02. The van der Waals surface area contributed by atoms with Crippen molar-refractivity contribution >= 4 is 5.91 Å². The number of ether oxygens (including phenoxy) is 1. The zero-order chi connectivity index (χ0) is 23.6. The van der Waals surface area contributed by atoms with Crippen molar-refractivity contribution in [1.82, 2.24) is 9.80 Å². The first kappa shape index (κ1) is 27.0. The summed E-state index contributed by atoms with van der Waals surface area (Å²) in [6, 6.07) is 6.23. The van der Waals surface area contributed by atoms with Crippen molar-refractivity contribution in [2.24, 2.45) is 5.92 Å². The van der Waals surface area contributed by atoms with E-state index < -0.39 is 6.36 Å². The molecule has 31 heavy (non-hydrogen) atoms. The van der Waals surface area contributed by atoms with Crippen molar-refractivity contribution in [2.75, 3.05) is 13.1 Å². The van der Waals surface area contributed by atoms with Crippen LogP contribution >= 0.6 is 0 Å². The largest absolute Gasteiger partial charge is 0.573 e. The Labute approximate surface area is 185 Å². The SMILES string of the molecule is C=CCN(CC[C@H](C)N(C(=O)CC)[C@H](CC)C(C)C)Cc1ccc(OC(F)(F)F)cc1. The van der Waals surface area contributed by atoms with Gasteiger partial charge in [-0.25, -0.2) is 0 Å². The van der Waals surface area contributed by atoms with Crippen LogP contribution in [-0.4, -0.2) is 47.2 Å². The van der Waals surface area contributed by atoms with Crippen molar-refractivity contribution < 1.29 is 22.7 Å². The van der Waals surface area contributed by atoms with Gasteiger partial charge >= 0.3 is 6.36 Å². The lowest BCUT2D eigenvalue weighted by Gasteiger charge is -2.39. The second-order valence-electron chi connectivity index (χ2n) is 8.23. The molecular weight excluding hydrogens is 405 g/mol. The number of alkyl halides is 3. The van der Waals surface area contributed by atoms with Gasteiger partial charge in [0.2, 0.25) is 5.91 Å². The van der Waals surface area contributed by atoms with Gasteiger partial charge in [0.15, 0.2) is 0 Å². The lowest BCUT2D eigenvalue weighted by Crippen LogP contribution is -2.48. The van der Waals surface area contributed by atoms with Crippen LogP contribution in [0.5, 0.6) is 5.75 Å². The third-order valence-electron chi connectivity index (χ3n) is 5.42. The van der Waals surface area contributed by atoms with Crippen LogP contribution in [0.2, 0.25) is 0 Å². The first-order valence-electron chi connectivity index (χ1n) is 11.0. The number of hydrogen-bond acceptors (Lipinski definition) is 3. The van der Waals surface area contributed by atoms with Crippen molar-refractivity contribution in [3.63, 3.8) is 0 Å². The van der Waals surface area contributed by atoms with E-state index in [1.54, 1.807) is 12.1 Å². The molecule has 0 aliphatic rings. The molecule has 1 aromatic rings. The van der Waals surface area contributed by atoms with Gasteiger partial charge < -0.3 is 9.64 Å². The number of benzene rings is 1. The van der Waals surface area contributed by atoms with Gasteiger partial charge in [-0.05, 0) is 43.4 Å². The molecule has 0 heterocycles. The number of carbonyl (C=O) groups excluding carboxylic acids is 1. The molecule has 0 spiro atoms. The smallest absolute Gasteiger partial charge is 0.406 e. The highest BCUT2D eigenvalue weighted by Gasteiger charge is 2.31. The molecule has 0 saturated heterocycles. The van der Waals surface area contributed by atoms with Gasteiger partial charge in [-0.1, -0.05) is 45.9 Å². The predicted octanol–water partition coefficient (Wildman–Crippen LogP) is 6.03. The Kier molecular flexibility index (Phi) is 11.1. The first-order chi connectivity index (χ1) is 14.5. The standard InChI is InChI=1S/C24H37F3N2O2/c1-7-15-28(17-20-10-12-21(13-11-20)31-24(25,26)27)16-14-19(6)29(23(30)9-3)22(8-2)18(4)5/h7,10-13,18-19,22H,1,8-9,14-17H2,2-6H3/t19-,22+/m0/s1. The maximum Gasteiger partial charge on any atom is 0.573 e. The summed E-state index contributed by atoms with van der Waals surface area (Å²) in [5.74, 6) is 0.321. The topological polar surface area (TPSA) is 32.8 Å². The van der Waals surface area contributed by atoms with E-state index in [-0.39, 0.29) is 23.7 Å².